The van der Waals surface area contributed by atoms with Gasteiger partial charge in [-0.15, -0.1) is 0 Å². The van der Waals surface area contributed by atoms with Crippen LogP contribution in [-0.2, 0) is 11.3 Å². The molecule has 0 fully saturated rings. The van der Waals surface area contributed by atoms with Crippen LogP contribution in [0.2, 0.25) is 0 Å². The van der Waals surface area contributed by atoms with Gasteiger partial charge in [0.15, 0.2) is 0 Å². The average molecular weight is 305 g/mol. The fraction of sp³-hybridized carbons (Fsp3) is 0.364. The molecule has 1 aromatic carbocycles. The van der Waals surface area contributed by atoms with Crippen LogP contribution < -0.4 is 11.1 Å². The Labute approximate surface area is 107 Å². The van der Waals surface area contributed by atoms with E-state index in [4.69, 9.17) is 10.8 Å². The maximum absolute atomic E-state index is 13.3. The minimum absolute atomic E-state index is 0.289. The fourth-order valence-electron chi connectivity index (χ4n) is 1.28. The molecule has 0 spiro atoms. The number of carboxylic acids is 1. The van der Waals surface area contributed by atoms with Gasteiger partial charge in [0.05, 0.1) is 0 Å². The van der Waals surface area contributed by atoms with E-state index in [0.29, 0.717) is 25.1 Å². The highest BCUT2D eigenvalue weighted by molar-refractivity contribution is 9.10. The summed E-state index contributed by atoms with van der Waals surface area (Å²) in [4.78, 5) is 10.4. The standard InChI is InChI=1S/C11H14BrFN2O2/c12-8-1-2-9(13)7(5-8)6-15-4-3-10(14)11(16)17/h1-2,5,10,15H,3-4,6,14H2,(H,16,17). The van der Waals surface area contributed by atoms with Gasteiger partial charge >= 0.3 is 5.97 Å². The summed E-state index contributed by atoms with van der Waals surface area (Å²) in [6.07, 6.45) is 0.310. The van der Waals surface area contributed by atoms with Gasteiger partial charge in [-0.05, 0) is 31.2 Å². The van der Waals surface area contributed by atoms with E-state index in [1.807, 2.05) is 0 Å². The number of carbonyl (C=O) groups is 1. The number of hydrogen-bond acceptors (Lipinski definition) is 3. The van der Waals surface area contributed by atoms with Crippen molar-refractivity contribution in [3.63, 3.8) is 0 Å². The lowest BCUT2D eigenvalue weighted by molar-refractivity contribution is -0.138. The third-order valence-electron chi connectivity index (χ3n) is 2.27. The molecule has 0 amide bonds. The van der Waals surface area contributed by atoms with E-state index in [9.17, 15) is 9.18 Å². The molecule has 1 unspecified atom stereocenters. The van der Waals surface area contributed by atoms with Gasteiger partial charge in [-0.2, -0.15) is 0 Å². The van der Waals surface area contributed by atoms with Gasteiger partial charge in [0.2, 0.25) is 0 Å². The fourth-order valence-corrected chi connectivity index (χ4v) is 1.69. The van der Waals surface area contributed by atoms with Crippen molar-refractivity contribution in [2.75, 3.05) is 6.54 Å². The third kappa shape index (κ3) is 4.80. The minimum Gasteiger partial charge on any atom is -0.480 e. The molecule has 4 N–H and O–H groups in total. The van der Waals surface area contributed by atoms with E-state index in [2.05, 4.69) is 21.2 Å². The number of carboxylic acid groups (broad SMARTS) is 1. The van der Waals surface area contributed by atoms with Crippen molar-refractivity contribution in [3.05, 3.63) is 34.1 Å². The van der Waals surface area contributed by atoms with Crippen LogP contribution in [0.1, 0.15) is 12.0 Å². The molecule has 0 saturated heterocycles. The van der Waals surface area contributed by atoms with Crippen LogP contribution in [0.15, 0.2) is 22.7 Å². The molecule has 0 saturated carbocycles. The number of rotatable bonds is 6. The van der Waals surface area contributed by atoms with Gasteiger partial charge in [0.1, 0.15) is 11.9 Å². The molecular formula is C11H14BrFN2O2. The molecule has 0 bridgehead atoms. The summed E-state index contributed by atoms with van der Waals surface area (Å²) in [5, 5.41) is 11.5. The van der Waals surface area contributed by atoms with Crippen LogP contribution in [0.25, 0.3) is 0 Å². The zero-order chi connectivity index (χ0) is 12.8. The molecule has 4 nitrogen and oxygen atoms in total. The molecule has 94 valence electrons. The topological polar surface area (TPSA) is 75.3 Å². The predicted octanol–water partition coefficient (Wildman–Crippen LogP) is 1.48. The molecule has 0 heterocycles. The number of halogens is 2. The summed E-state index contributed by atoms with van der Waals surface area (Å²) in [5.41, 5.74) is 5.86. The van der Waals surface area contributed by atoms with Crippen molar-refractivity contribution in [1.29, 1.82) is 0 Å². The van der Waals surface area contributed by atoms with Gasteiger partial charge < -0.3 is 16.2 Å². The smallest absolute Gasteiger partial charge is 0.320 e. The van der Waals surface area contributed by atoms with Crippen LogP contribution in [0.4, 0.5) is 4.39 Å². The molecule has 0 aliphatic carbocycles. The largest absolute Gasteiger partial charge is 0.480 e. The number of benzene rings is 1. The van der Waals surface area contributed by atoms with Crippen molar-refractivity contribution in [2.45, 2.75) is 19.0 Å². The molecule has 1 atom stereocenters. The van der Waals surface area contributed by atoms with Crippen molar-refractivity contribution in [2.24, 2.45) is 5.73 Å². The molecular weight excluding hydrogens is 291 g/mol. The normalized spacial score (nSPS) is 12.4. The number of nitrogens with two attached hydrogens (primary N) is 1. The van der Waals surface area contributed by atoms with Gasteiger partial charge in [-0.25, -0.2) is 4.39 Å². The van der Waals surface area contributed by atoms with Crippen molar-refractivity contribution in [1.82, 2.24) is 5.32 Å². The van der Waals surface area contributed by atoms with Crippen molar-refractivity contribution in [3.8, 4) is 0 Å². The summed E-state index contributed by atoms with van der Waals surface area (Å²) in [6, 6.07) is 3.80. The first-order valence-electron chi connectivity index (χ1n) is 5.13. The SMILES string of the molecule is NC(CCNCc1cc(Br)ccc1F)C(=O)O. The highest BCUT2D eigenvalue weighted by Gasteiger charge is 2.10. The second-order valence-corrected chi connectivity index (χ2v) is 4.56. The van der Waals surface area contributed by atoms with Gasteiger partial charge in [-0.3, -0.25) is 4.79 Å². The zero-order valence-corrected chi connectivity index (χ0v) is 10.7. The molecule has 0 radical (unpaired) electrons. The van der Waals surface area contributed by atoms with E-state index in [1.54, 1.807) is 12.1 Å². The Hall–Kier alpha value is -0.980. The Morgan fingerprint density at radius 2 is 2.29 bits per heavy atom. The van der Waals surface area contributed by atoms with E-state index in [-0.39, 0.29) is 5.82 Å². The number of aliphatic carboxylic acids is 1. The van der Waals surface area contributed by atoms with Crippen LogP contribution >= 0.6 is 15.9 Å². The van der Waals surface area contributed by atoms with E-state index in [0.717, 1.165) is 4.47 Å². The summed E-state index contributed by atoms with van der Waals surface area (Å²) < 4.78 is 14.1. The first kappa shape index (κ1) is 14.1. The molecule has 0 aliphatic heterocycles. The molecule has 0 aliphatic rings. The molecule has 0 aromatic heterocycles. The zero-order valence-electron chi connectivity index (χ0n) is 9.12. The van der Waals surface area contributed by atoms with Crippen LogP contribution in [0.5, 0.6) is 0 Å². The summed E-state index contributed by atoms with van der Waals surface area (Å²) in [7, 11) is 0. The molecule has 1 aromatic rings. The lowest BCUT2D eigenvalue weighted by Crippen LogP contribution is -2.33. The molecule has 1 rings (SSSR count). The third-order valence-corrected chi connectivity index (χ3v) is 2.77. The number of nitrogens with one attached hydrogen (secondary N) is 1. The Morgan fingerprint density at radius 3 is 2.94 bits per heavy atom. The predicted molar refractivity (Wildman–Crippen MR) is 66.0 cm³/mol. The average Bonchev–Trinajstić information content (AvgIpc) is 2.28. The molecule has 17 heavy (non-hydrogen) atoms. The minimum atomic E-state index is -1.03. The van der Waals surface area contributed by atoms with E-state index in [1.165, 1.54) is 6.07 Å². The van der Waals surface area contributed by atoms with Gasteiger partial charge in [0.25, 0.3) is 0 Å². The van der Waals surface area contributed by atoms with Crippen LogP contribution in [-0.4, -0.2) is 23.7 Å². The molecule has 6 heteroatoms. The van der Waals surface area contributed by atoms with Crippen LogP contribution in [0, 0.1) is 5.82 Å². The first-order chi connectivity index (χ1) is 8.00. The van der Waals surface area contributed by atoms with Crippen molar-refractivity contribution < 1.29 is 14.3 Å². The lowest BCUT2D eigenvalue weighted by Gasteiger charge is -2.08. The van der Waals surface area contributed by atoms with Crippen molar-refractivity contribution >= 4 is 21.9 Å². The second kappa shape index (κ2) is 6.68. The summed E-state index contributed by atoms with van der Waals surface area (Å²) in [6.45, 7) is 0.775. The first-order valence-corrected chi connectivity index (χ1v) is 5.93. The van der Waals surface area contributed by atoms with Gasteiger partial charge in [-0.1, -0.05) is 15.9 Å². The Balaban J connectivity index is 2.36. The second-order valence-electron chi connectivity index (χ2n) is 3.65. The quantitative estimate of drug-likeness (QED) is 0.696. The monoisotopic (exact) mass is 304 g/mol. The highest BCUT2D eigenvalue weighted by atomic mass is 79.9. The lowest BCUT2D eigenvalue weighted by atomic mass is 10.2. The highest BCUT2D eigenvalue weighted by Crippen LogP contribution is 2.15. The number of hydrogen-bond donors (Lipinski definition) is 3. The van der Waals surface area contributed by atoms with E-state index >= 15 is 0 Å². The Morgan fingerprint density at radius 1 is 1.59 bits per heavy atom. The van der Waals surface area contributed by atoms with Crippen LogP contribution in [0.3, 0.4) is 0 Å². The Bertz CT molecular complexity index is 401. The Kier molecular flexibility index (Phi) is 5.54. The maximum atomic E-state index is 13.3. The maximum Gasteiger partial charge on any atom is 0.320 e. The van der Waals surface area contributed by atoms with Gasteiger partial charge in [0, 0.05) is 16.6 Å². The van der Waals surface area contributed by atoms with E-state index < -0.39 is 12.0 Å². The summed E-state index contributed by atoms with van der Waals surface area (Å²) >= 11 is 3.26. The summed E-state index contributed by atoms with van der Waals surface area (Å²) in [5.74, 6) is -1.32.